The molecule has 0 fully saturated rings. The average Bonchev–Trinajstić information content (AvgIpc) is 2.20. The van der Waals surface area contributed by atoms with Crippen LogP contribution in [-0.4, -0.2) is 27.3 Å². The predicted molar refractivity (Wildman–Crippen MR) is 62.0 cm³/mol. The van der Waals surface area contributed by atoms with Gasteiger partial charge in [-0.1, -0.05) is 23.2 Å². The Morgan fingerprint density at radius 3 is 2.88 bits per heavy atom. The molecule has 0 saturated carbocycles. The molecule has 1 aromatic rings. The maximum absolute atomic E-state index is 10.4. The van der Waals surface area contributed by atoms with Crippen LogP contribution in [0.1, 0.15) is 19.8 Å². The van der Waals surface area contributed by atoms with Gasteiger partial charge < -0.3 is 10.4 Å². The highest BCUT2D eigenvalue weighted by Gasteiger charge is 2.09. The minimum atomic E-state index is -0.828. The van der Waals surface area contributed by atoms with Crippen molar-refractivity contribution < 1.29 is 9.90 Å². The van der Waals surface area contributed by atoms with Gasteiger partial charge in [0.1, 0.15) is 0 Å². The van der Waals surface area contributed by atoms with Crippen molar-refractivity contribution in [2.45, 2.75) is 25.8 Å². The van der Waals surface area contributed by atoms with E-state index in [4.69, 9.17) is 28.3 Å². The lowest BCUT2D eigenvalue weighted by Crippen LogP contribution is -2.17. The highest BCUT2D eigenvalue weighted by Crippen LogP contribution is 2.22. The normalized spacial score (nSPS) is 12.2. The molecule has 0 aliphatic rings. The smallest absolute Gasteiger partial charge is 0.303 e. The molecule has 0 bridgehead atoms. The van der Waals surface area contributed by atoms with Gasteiger partial charge in [0.2, 0.25) is 0 Å². The van der Waals surface area contributed by atoms with Crippen LogP contribution in [0, 0.1) is 0 Å². The zero-order chi connectivity index (χ0) is 12.1. The second kappa shape index (κ2) is 5.86. The number of nitrogens with zero attached hydrogens (tertiary/aromatic N) is 2. The molecule has 5 nitrogen and oxygen atoms in total. The van der Waals surface area contributed by atoms with Gasteiger partial charge >= 0.3 is 5.97 Å². The molecule has 2 N–H and O–H groups in total. The van der Waals surface area contributed by atoms with Crippen molar-refractivity contribution in [3.05, 3.63) is 16.4 Å². The molecule has 1 heterocycles. The summed E-state index contributed by atoms with van der Waals surface area (Å²) in [5.74, 6) is -0.828. The lowest BCUT2D eigenvalue weighted by Gasteiger charge is -2.14. The average molecular weight is 264 g/mol. The van der Waals surface area contributed by atoms with Gasteiger partial charge in [-0.2, -0.15) is 0 Å². The fourth-order valence-electron chi connectivity index (χ4n) is 1.13. The van der Waals surface area contributed by atoms with Crippen molar-refractivity contribution in [3.63, 3.8) is 0 Å². The monoisotopic (exact) mass is 263 g/mol. The molecule has 1 rings (SSSR count). The summed E-state index contributed by atoms with van der Waals surface area (Å²) < 4.78 is 0. The Labute approximate surface area is 103 Å². The molecule has 1 aromatic heterocycles. The third kappa shape index (κ3) is 4.20. The standard InChI is InChI=1S/C9H11Cl2N3O2/c1-5(2-3-8(15)16)12-6-4-7(10)13-14-9(6)11/h4-5H,2-3H2,1H3,(H,12,13)(H,15,16). The first kappa shape index (κ1) is 13.0. The highest BCUT2D eigenvalue weighted by atomic mass is 35.5. The first-order valence-electron chi connectivity index (χ1n) is 4.66. The van der Waals surface area contributed by atoms with E-state index in [-0.39, 0.29) is 22.8 Å². The number of carbonyl (C=O) groups is 1. The van der Waals surface area contributed by atoms with Crippen molar-refractivity contribution in [2.24, 2.45) is 0 Å². The third-order valence-corrected chi connectivity index (χ3v) is 2.38. The summed E-state index contributed by atoms with van der Waals surface area (Å²) in [6.07, 6.45) is 0.587. The summed E-state index contributed by atoms with van der Waals surface area (Å²) in [5, 5.41) is 19.2. The largest absolute Gasteiger partial charge is 0.481 e. The van der Waals surface area contributed by atoms with Crippen LogP contribution >= 0.6 is 23.2 Å². The Bertz CT molecular complexity index is 387. The molecule has 1 unspecified atom stereocenters. The number of carboxylic acids is 1. The van der Waals surface area contributed by atoms with E-state index >= 15 is 0 Å². The predicted octanol–water partition coefficient (Wildman–Crippen LogP) is 2.45. The van der Waals surface area contributed by atoms with Gasteiger partial charge in [-0.15, -0.1) is 10.2 Å². The second-order valence-corrected chi connectivity index (χ2v) is 4.09. The Kier molecular flexibility index (Phi) is 4.76. The molecule has 0 amide bonds. The van der Waals surface area contributed by atoms with Gasteiger partial charge in [0.15, 0.2) is 10.3 Å². The fourth-order valence-corrected chi connectivity index (χ4v) is 1.43. The summed E-state index contributed by atoms with van der Waals surface area (Å²) in [7, 11) is 0. The molecule has 7 heteroatoms. The number of aromatic nitrogens is 2. The zero-order valence-electron chi connectivity index (χ0n) is 8.57. The summed E-state index contributed by atoms with van der Waals surface area (Å²) in [5.41, 5.74) is 0.555. The second-order valence-electron chi connectivity index (χ2n) is 3.35. The van der Waals surface area contributed by atoms with Crippen LogP contribution in [0.4, 0.5) is 5.69 Å². The number of carboxylic acid groups (broad SMARTS) is 1. The van der Waals surface area contributed by atoms with Gasteiger partial charge in [-0.25, -0.2) is 0 Å². The van der Waals surface area contributed by atoms with E-state index in [0.29, 0.717) is 12.1 Å². The highest BCUT2D eigenvalue weighted by molar-refractivity contribution is 6.33. The molecule has 88 valence electrons. The van der Waals surface area contributed by atoms with Gasteiger partial charge in [-0.05, 0) is 13.3 Å². The fraction of sp³-hybridized carbons (Fsp3) is 0.444. The van der Waals surface area contributed by atoms with E-state index in [0.717, 1.165) is 0 Å². The molecular weight excluding hydrogens is 253 g/mol. The van der Waals surface area contributed by atoms with E-state index in [1.165, 1.54) is 0 Å². The van der Waals surface area contributed by atoms with E-state index < -0.39 is 5.97 Å². The molecule has 16 heavy (non-hydrogen) atoms. The summed E-state index contributed by atoms with van der Waals surface area (Å²) in [6, 6.07) is 1.52. The first-order valence-corrected chi connectivity index (χ1v) is 5.41. The maximum atomic E-state index is 10.4. The Balaban J connectivity index is 2.58. The number of halogens is 2. The quantitative estimate of drug-likeness (QED) is 0.854. The molecule has 0 aromatic carbocycles. The van der Waals surface area contributed by atoms with Crippen LogP contribution < -0.4 is 5.32 Å². The van der Waals surface area contributed by atoms with E-state index in [9.17, 15) is 4.79 Å². The number of hydrogen-bond acceptors (Lipinski definition) is 4. The summed E-state index contributed by atoms with van der Waals surface area (Å²) >= 11 is 11.5. The van der Waals surface area contributed by atoms with Crippen molar-refractivity contribution in [3.8, 4) is 0 Å². The SMILES string of the molecule is CC(CCC(=O)O)Nc1cc(Cl)nnc1Cl. The van der Waals surface area contributed by atoms with Crippen LogP contribution in [0.5, 0.6) is 0 Å². The molecule has 1 atom stereocenters. The molecule has 0 radical (unpaired) electrons. The molecule has 0 spiro atoms. The molecule has 0 aliphatic heterocycles. The lowest BCUT2D eigenvalue weighted by molar-refractivity contribution is -0.137. The van der Waals surface area contributed by atoms with Crippen LogP contribution in [0.25, 0.3) is 0 Å². The lowest BCUT2D eigenvalue weighted by atomic mass is 10.2. The summed E-state index contributed by atoms with van der Waals surface area (Å²) in [4.78, 5) is 10.4. The molecule has 0 saturated heterocycles. The van der Waals surface area contributed by atoms with E-state index in [2.05, 4.69) is 15.5 Å². The van der Waals surface area contributed by atoms with E-state index in [1.807, 2.05) is 6.92 Å². The number of anilines is 1. The number of rotatable bonds is 5. The Hall–Kier alpha value is -1.07. The van der Waals surface area contributed by atoms with Crippen LogP contribution in [0.2, 0.25) is 10.3 Å². The minimum absolute atomic E-state index is 0.0335. The minimum Gasteiger partial charge on any atom is -0.481 e. The zero-order valence-corrected chi connectivity index (χ0v) is 10.1. The van der Waals surface area contributed by atoms with Crippen molar-refractivity contribution in [1.29, 1.82) is 0 Å². The molecule has 0 aliphatic carbocycles. The van der Waals surface area contributed by atoms with Crippen LogP contribution in [-0.2, 0) is 4.79 Å². The van der Waals surface area contributed by atoms with Crippen LogP contribution in [0.3, 0.4) is 0 Å². The van der Waals surface area contributed by atoms with Crippen molar-refractivity contribution in [2.75, 3.05) is 5.32 Å². The van der Waals surface area contributed by atoms with Gasteiger partial charge in [0.25, 0.3) is 0 Å². The maximum Gasteiger partial charge on any atom is 0.303 e. The number of hydrogen-bond donors (Lipinski definition) is 2. The number of nitrogens with one attached hydrogen (secondary N) is 1. The van der Waals surface area contributed by atoms with Crippen molar-refractivity contribution in [1.82, 2.24) is 10.2 Å². The Morgan fingerprint density at radius 2 is 2.25 bits per heavy atom. The Morgan fingerprint density at radius 1 is 1.56 bits per heavy atom. The topological polar surface area (TPSA) is 75.1 Å². The van der Waals surface area contributed by atoms with Crippen molar-refractivity contribution >= 4 is 34.9 Å². The number of aliphatic carboxylic acids is 1. The summed E-state index contributed by atoms with van der Waals surface area (Å²) in [6.45, 7) is 1.85. The third-order valence-electron chi connectivity index (χ3n) is 1.91. The van der Waals surface area contributed by atoms with Gasteiger partial charge in [0, 0.05) is 18.5 Å². The van der Waals surface area contributed by atoms with E-state index in [1.54, 1.807) is 6.07 Å². The first-order chi connectivity index (χ1) is 7.49. The van der Waals surface area contributed by atoms with Gasteiger partial charge in [-0.3, -0.25) is 4.79 Å². The van der Waals surface area contributed by atoms with Gasteiger partial charge in [0.05, 0.1) is 5.69 Å². The molecular formula is C9H11Cl2N3O2. The van der Waals surface area contributed by atoms with Crippen LogP contribution in [0.15, 0.2) is 6.07 Å².